The number of hydrogen-bond donors (Lipinski definition) is 4. The molecule has 106 valence electrons. The summed E-state index contributed by atoms with van der Waals surface area (Å²) in [5, 5.41) is 31.5. The van der Waals surface area contributed by atoms with E-state index in [1.165, 1.54) is 6.07 Å². The van der Waals surface area contributed by atoms with E-state index in [4.69, 9.17) is 4.74 Å². The van der Waals surface area contributed by atoms with E-state index in [1.807, 2.05) is 31.2 Å². The van der Waals surface area contributed by atoms with Gasteiger partial charge in [-0.15, -0.1) is 0 Å². The van der Waals surface area contributed by atoms with Gasteiger partial charge in [0.1, 0.15) is 5.75 Å². The summed E-state index contributed by atoms with van der Waals surface area (Å²) in [5.74, 6) is -0.411. The minimum Gasteiger partial charge on any atom is -0.504 e. The molecule has 2 aromatic carbocycles. The lowest BCUT2D eigenvalue weighted by atomic mass is 10.1. The second kappa shape index (κ2) is 6.06. The lowest BCUT2D eigenvalue weighted by Gasteiger charge is -2.11. The normalized spacial score (nSPS) is 10.2. The number of ether oxygens (including phenoxy) is 1. The Morgan fingerprint density at radius 1 is 1.05 bits per heavy atom. The summed E-state index contributed by atoms with van der Waals surface area (Å²) >= 11 is 0. The molecule has 0 spiro atoms. The topological polar surface area (TPSA) is 82.0 Å². The van der Waals surface area contributed by atoms with Gasteiger partial charge in [-0.2, -0.15) is 0 Å². The zero-order valence-corrected chi connectivity index (χ0v) is 11.1. The van der Waals surface area contributed by atoms with Gasteiger partial charge < -0.3 is 25.4 Å². The van der Waals surface area contributed by atoms with Crippen molar-refractivity contribution in [2.45, 2.75) is 13.5 Å². The van der Waals surface area contributed by atoms with E-state index in [2.05, 4.69) is 5.32 Å². The maximum absolute atomic E-state index is 9.72. The van der Waals surface area contributed by atoms with Crippen LogP contribution in [0.15, 0.2) is 36.4 Å². The van der Waals surface area contributed by atoms with Gasteiger partial charge in [-0.1, -0.05) is 6.07 Å². The highest BCUT2D eigenvalue weighted by Gasteiger charge is 2.10. The van der Waals surface area contributed by atoms with Gasteiger partial charge in [0, 0.05) is 23.9 Å². The molecule has 0 atom stereocenters. The van der Waals surface area contributed by atoms with Gasteiger partial charge in [0.2, 0.25) is 5.75 Å². The third kappa shape index (κ3) is 3.06. The summed E-state index contributed by atoms with van der Waals surface area (Å²) in [6.07, 6.45) is 0. The lowest BCUT2D eigenvalue weighted by Crippen LogP contribution is -2.00. The summed E-state index contributed by atoms with van der Waals surface area (Å²) in [6, 6.07) is 10.3. The van der Waals surface area contributed by atoms with E-state index in [1.54, 1.807) is 6.07 Å². The molecule has 0 bridgehead atoms. The minimum absolute atomic E-state index is 0.315. The van der Waals surface area contributed by atoms with E-state index in [-0.39, 0.29) is 11.5 Å². The molecule has 0 fully saturated rings. The van der Waals surface area contributed by atoms with E-state index in [0.29, 0.717) is 18.7 Å². The van der Waals surface area contributed by atoms with Crippen LogP contribution in [0, 0.1) is 0 Å². The lowest BCUT2D eigenvalue weighted by molar-refractivity contribution is 0.340. The first-order chi connectivity index (χ1) is 9.61. The molecule has 0 unspecified atom stereocenters. The van der Waals surface area contributed by atoms with Crippen LogP contribution in [0.2, 0.25) is 0 Å². The molecule has 0 amide bonds. The third-order valence-electron chi connectivity index (χ3n) is 2.84. The Labute approximate surface area is 117 Å². The van der Waals surface area contributed by atoms with Crippen molar-refractivity contribution >= 4 is 5.69 Å². The standard InChI is InChI=1S/C15H17NO4/c1-2-20-12-5-3-4-11(8-12)16-9-10-6-7-13(17)15(19)14(10)18/h3-8,16-19H,2,9H2,1H3. The predicted molar refractivity (Wildman–Crippen MR) is 76.4 cm³/mol. The Kier molecular flexibility index (Phi) is 4.20. The van der Waals surface area contributed by atoms with Crippen molar-refractivity contribution < 1.29 is 20.1 Å². The van der Waals surface area contributed by atoms with E-state index in [9.17, 15) is 15.3 Å². The fourth-order valence-corrected chi connectivity index (χ4v) is 1.81. The Bertz CT molecular complexity index is 598. The summed E-state index contributed by atoms with van der Waals surface area (Å²) in [7, 11) is 0. The monoisotopic (exact) mass is 275 g/mol. The van der Waals surface area contributed by atoms with E-state index >= 15 is 0 Å². The number of phenols is 3. The summed E-state index contributed by atoms with van der Waals surface area (Å²) in [6.45, 7) is 2.82. The van der Waals surface area contributed by atoms with Crippen LogP contribution in [-0.2, 0) is 6.54 Å². The fourth-order valence-electron chi connectivity index (χ4n) is 1.81. The Morgan fingerprint density at radius 2 is 1.85 bits per heavy atom. The van der Waals surface area contributed by atoms with Crippen molar-refractivity contribution in [1.82, 2.24) is 0 Å². The molecule has 0 aromatic heterocycles. The van der Waals surface area contributed by atoms with Gasteiger partial charge in [0.15, 0.2) is 11.5 Å². The summed E-state index contributed by atoms with van der Waals surface area (Å²) < 4.78 is 5.39. The molecule has 0 radical (unpaired) electrons. The second-order valence-electron chi connectivity index (χ2n) is 4.26. The number of aromatic hydroxyl groups is 3. The zero-order chi connectivity index (χ0) is 14.5. The average Bonchev–Trinajstić information content (AvgIpc) is 2.45. The number of rotatable bonds is 5. The molecular formula is C15H17NO4. The van der Waals surface area contributed by atoms with Crippen LogP contribution in [0.1, 0.15) is 12.5 Å². The van der Waals surface area contributed by atoms with Crippen molar-refractivity contribution in [3.8, 4) is 23.0 Å². The van der Waals surface area contributed by atoms with Crippen LogP contribution < -0.4 is 10.1 Å². The van der Waals surface area contributed by atoms with E-state index in [0.717, 1.165) is 11.4 Å². The first kappa shape index (κ1) is 13.9. The first-order valence-corrected chi connectivity index (χ1v) is 6.31. The molecule has 20 heavy (non-hydrogen) atoms. The van der Waals surface area contributed by atoms with Crippen LogP contribution in [0.3, 0.4) is 0 Å². The maximum atomic E-state index is 9.72. The molecule has 2 aromatic rings. The smallest absolute Gasteiger partial charge is 0.200 e. The molecular weight excluding hydrogens is 258 g/mol. The van der Waals surface area contributed by atoms with Gasteiger partial charge in [-0.05, 0) is 31.2 Å². The minimum atomic E-state index is -0.507. The molecule has 2 rings (SSSR count). The molecule has 0 heterocycles. The van der Waals surface area contributed by atoms with Crippen LogP contribution in [-0.4, -0.2) is 21.9 Å². The van der Waals surface area contributed by atoms with Crippen molar-refractivity contribution in [1.29, 1.82) is 0 Å². The van der Waals surface area contributed by atoms with Gasteiger partial charge in [0.05, 0.1) is 6.61 Å². The summed E-state index contributed by atoms with van der Waals surface area (Å²) in [4.78, 5) is 0. The molecule has 4 N–H and O–H groups in total. The number of benzene rings is 2. The van der Waals surface area contributed by atoms with Gasteiger partial charge in [-0.25, -0.2) is 0 Å². The second-order valence-corrected chi connectivity index (χ2v) is 4.26. The molecule has 5 heteroatoms. The third-order valence-corrected chi connectivity index (χ3v) is 2.84. The molecule has 0 aliphatic carbocycles. The highest BCUT2D eigenvalue weighted by atomic mass is 16.5. The van der Waals surface area contributed by atoms with Crippen LogP contribution in [0.5, 0.6) is 23.0 Å². The van der Waals surface area contributed by atoms with Crippen molar-refractivity contribution in [2.24, 2.45) is 0 Å². The maximum Gasteiger partial charge on any atom is 0.200 e. The van der Waals surface area contributed by atoms with Gasteiger partial charge in [0.25, 0.3) is 0 Å². The van der Waals surface area contributed by atoms with Crippen LogP contribution in [0.4, 0.5) is 5.69 Å². The van der Waals surface area contributed by atoms with Crippen molar-refractivity contribution in [3.63, 3.8) is 0 Å². The first-order valence-electron chi connectivity index (χ1n) is 6.31. The van der Waals surface area contributed by atoms with Gasteiger partial charge >= 0.3 is 0 Å². The highest BCUT2D eigenvalue weighted by Crippen LogP contribution is 2.37. The quantitative estimate of drug-likeness (QED) is 0.631. The molecule has 0 saturated heterocycles. The van der Waals surface area contributed by atoms with Crippen LogP contribution in [0.25, 0.3) is 0 Å². The zero-order valence-electron chi connectivity index (χ0n) is 11.1. The number of phenolic OH excluding ortho intramolecular Hbond substituents is 3. The average molecular weight is 275 g/mol. The number of hydrogen-bond acceptors (Lipinski definition) is 5. The Hall–Kier alpha value is -2.56. The number of nitrogens with one attached hydrogen (secondary N) is 1. The van der Waals surface area contributed by atoms with Gasteiger partial charge in [-0.3, -0.25) is 0 Å². The fraction of sp³-hybridized carbons (Fsp3) is 0.200. The Morgan fingerprint density at radius 3 is 2.60 bits per heavy atom. The predicted octanol–water partition coefficient (Wildman–Crippen LogP) is 2.81. The van der Waals surface area contributed by atoms with Crippen molar-refractivity contribution in [2.75, 3.05) is 11.9 Å². The van der Waals surface area contributed by atoms with Crippen molar-refractivity contribution in [3.05, 3.63) is 42.0 Å². The largest absolute Gasteiger partial charge is 0.504 e. The Balaban J connectivity index is 2.09. The highest BCUT2D eigenvalue weighted by molar-refractivity contribution is 5.55. The number of anilines is 1. The molecule has 5 nitrogen and oxygen atoms in total. The molecule has 0 aliphatic heterocycles. The van der Waals surface area contributed by atoms with Crippen LogP contribution >= 0.6 is 0 Å². The molecule has 0 aliphatic rings. The molecule has 0 saturated carbocycles. The van der Waals surface area contributed by atoms with E-state index < -0.39 is 5.75 Å². The summed E-state index contributed by atoms with van der Waals surface area (Å²) in [5.41, 5.74) is 1.32. The SMILES string of the molecule is CCOc1cccc(NCc2ccc(O)c(O)c2O)c1.